The number of hydrogen-bond acceptors (Lipinski definition) is 6. The average molecular weight is 311 g/mol. The van der Waals surface area contributed by atoms with E-state index >= 15 is 0 Å². The van der Waals surface area contributed by atoms with Gasteiger partial charge in [0, 0.05) is 0 Å². The quantitative estimate of drug-likeness (QED) is 0.573. The minimum absolute atomic E-state index is 0.285. The van der Waals surface area contributed by atoms with Gasteiger partial charge in [0.15, 0.2) is 0 Å². The van der Waals surface area contributed by atoms with E-state index in [4.69, 9.17) is 5.73 Å². The standard InChI is InChI=1S/C15H13N5OS/c1-9-11-13(16)17-8-18-15(11)22-12(9)14(21)20-19-7-10-5-3-2-4-6-10/h2-8H,1H3,(H,20,21)(H2,16,17,18)/b19-7-. The van der Waals surface area contributed by atoms with E-state index in [-0.39, 0.29) is 5.91 Å². The number of nitrogens with zero attached hydrogens (tertiary/aromatic N) is 3. The van der Waals surface area contributed by atoms with Crippen molar-refractivity contribution in [1.29, 1.82) is 0 Å². The number of thiophene rings is 1. The van der Waals surface area contributed by atoms with Crippen LogP contribution in [-0.4, -0.2) is 22.1 Å². The molecule has 22 heavy (non-hydrogen) atoms. The van der Waals surface area contributed by atoms with E-state index in [9.17, 15) is 4.79 Å². The van der Waals surface area contributed by atoms with E-state index in [1.165, 1.54) is 17.7 Å². The second kappa shape index (κ2) is 5.90. The highest BCUT2D eigenvalue weighted by Crippen LogP contribution is 2.31. The van der Waals surface area contributed by atoms with Crippen LogP contribution in [0.3, 0.4) is 0 Å². The van der Waals surface area contributed by atoms with Crippen LogP contribution in [-0.2, 0) is 0 Å². The highest BCUT2D eigenvalue weighted by atomic mass is 32.1. The molecule has 0 unspecified atom stereocenters. The maximum absolute atomic E-state index is 12.2. The Balaban J connectivity index is 1.82. The lowest BCUT2D eigenvalue weighted by Crippen LogP contribution is -2.17. The monoisotopic (exact) mass is 311 g/mol. The first-order chi connectivity index (χ1) is 10.7. The zero-order chi connectivity index (χ0) is 15.5. The lowest BCUT2D eigenvalue weighted by molar-refractivity contribution is 0.0958. The van der Waals surface area contributed by atoms with Crippen molar-refractivity contribution in [1.82, 2.24) is 15.4 Å². The molecule has 0 atom stereocenters. The number of carbonyl (C=O) groups excluding carboxylic acids is 1. The number of nitrogens with two attached hydrogens (primary N) is 1. The minimum atomic E-state index is -0.285. The van der Waals surface area contributed by atoms with Gasteiger partial charge < -0.3 is 5.73 Å². The molecule has 0 radical (unpaired) electrons. The van der Waals surface area contributed by atoms with Gasteiger partial charge in [0.1, 0.15) is 17.0 Å². The Bertz CT molecular complexity index is 857. The van der Waals surface area contributed by atoms with Crippen LogP contribution < -0.4 is 11.2 Å². The van der Waals surface area contributed by atoms with Crippen LogP contribution in [0.2, 0.25) is 0 Å². The zero-order valence-electron chi connectivity index (χ0n) is 11.8. The smallest absolute Gasteiger partial charge is 0.281 e. The summed E-state index contributed by atoms with van der Waals surface area (Å²) < 4.78 is 0. The highest BCUT2D eigenvalue weighted by molar-refractivity contribution is 7.20. The van der Waals surface area contributed by atoms with Gasteiger partial charge >= 0.3 is 0 Å². The third-order valence-corrected chi connectivity index (χ3v) is 4.34. The van der Waals surface area contributed by atoms with Gasteiger partial charge in [-0.15, -0.1) is 11.3 Å². The summed E-state index contributed by atoms with van der Waals surface area (Å²) in [6.45, 7) is 1.83. The number of carbonyl (C=O) groups is 1. The second-order valence-electron chi connectivity index (χ2n) is 4.61. The van der Waals surface area contributed by atoms with Gasteiger partial charge in [-0.05, 0) is 18.1 Å². The third-order valence-electron chi connectivity index (χ3n) is 3.14. The minimum Gasteiger partial charge on any atom is -0.383 e. The van der Waals surface area contributed by atoms with Gasteiger partial charge in [-0.25, -0.2) is 15.4 Å². The molecule has 0 fully saturated rings. The van der Waals surface area contributed by atoms with Crippen LogP contribution >= 0.6 is 11.3 Å². The summed E-state index contributed by atoms with van der Waals surface area (Å²) in [6, 6.07) is 9.52. The number of hydrogen-bond donors (Lipinski definition) is 2. The summed E-state index contributed by atoms with van der Waals surface area (Å²) in [4.78, 5) is 21.6. The molecule has 0 aliphatic heterocycles. The van der Waals surface area contributed by atoms with Gasteiger partial charge in [-0.3, -0.25) is 4.79 Å². The van der Waals surface area contributed by atoms with Crippen LogP contribution in [0.4, 0.5) is 5.82 Å². The Morgan fingerprint density at radius 2 is 2.09 bits per heavy atom. The first-order valence-corrected chi connectivity index (χ1v) is 7.36. The van der Waals surface area contributed by atoms with Crippen molar-refractivity contribution < 1.29 is 4.79 Å². The van der Waals surface area contributed by atoms with Crippen molar-refractivity contribution in [3.63, 3.8) is 0 Å². The molecule has 6 nitrogen and oxygen atoms in total. The predicted molar refractivity (Wildman–Crippen MR) is 88.1 cm³/mol. The molecule has 2 aromatic heterocycles. The van der Waals surface area contributed by atoms with Crippen LogP contribution in [0.15, 0.2) is 41.8 Å². The molecule has 0 spiro atoms. The van der Waals surface area contributed by atoms with Crippen molar-refractivity contribution in [2.24, 2.45) is 5.10 Å². The lowest BCUT2D eigenvalue weighted by Gasteiger charge is -1.98. The van der Waals surface area contributed by atoms with Crippen molar-refractivity contribution in [3.8, 4) is 0 Å². The molecular weight excluding hydrogens is 298 g/mol. The Morgan fingerprint density at radius 1 is 1.32 bits per heavy atom. The highest BCUT2D eigenvalue weighted by Gasteiger charge is 2.17. The summed E-state index contributed by atoms with van der Waals surface area (Å²) in [6.07, 6.45) is 2.98. The van der Waals surface area contributed by atoms with Crippen LogP contribution in [0.25, 0.3) is 10.2 Å². The van der Waals surface area contributed by atoms with Gasteiger partial charge in [-0.1, -0.05) is 30.3 Å². The Kier molecular flexibility index (Phi) is 3.80. The molecule has 2 heterocycles. The van der Waals surface area contributed by atoms with Crippen molar-refractivity contribution in [2.45, 2.75) is 6.92 Å². The number of hydrazone groups is 1. The maximum Gasteiger partial charge on any atom is 0.281 e. The van der Waals surface area contributed by atoms with Gasteiger partial charge in [0.05, 0.1) is 16.5 Å². The Morgan fingerprint density at radius 3 is 2.82 bits per heavy atom. The number of benzene rings is 1. The molecule has 3 N–H and O–H groups in total. The molecule has 1 aromatic carbocycles. The average Bonchev–Trinajstić information content (AvgIpc) is 2.87. The number of amides is 1. The fourth-order valence-corrected chi connectivity index (χ4v) is 3.12. The summed E-state index contributed by atoms with van der Waals surface area (Å²) in [5.74, 6) is 0.0951. The SMILES string of the molecule is Cc1c(C(=O)N/N=C\c2ccccc2)sc2ncnc(N)c12. The van der Waals surface area contributed by atoms with E-state index in [2.05, 4.69) is 20.5 Å². The van der Waals surface area contributed by atoms with E-state index in [1.807, 2.05) is 37.3 Å². The van der Waals surface area contributed by atoms with E-state index in [1.54, 1.807) is 6.21 Å². The number of anilines is 1. The molecule has 0 saturated heterocycles. The van der Waals surface area contributed by atoms with Crippen LogP contribution in [0.1, 0.15) is 20.8 Å². The van der Waals surface area contributed by atoms with Gasteiger partial charge in [0.2, 0.25) is 0 Å². The molecule has 0 aliphatic rings. The number of rotatable bonds is 3. The number of nitrogen functional groups attached to an aromatic ring is 1. The van der Waals surface area contributed by atoms with E-state index in [0.29, 0.717) is 15.5 Å². The molecule has 0 bridgehead atoms. The Labute approximate surface area is 130 Å². The fourth-order valence-electron chi connectivity index (χ4n) is 2.07. The Hall–Kier alpha value is -2.80. The number of aromatic nitrogens is 2. The molecule has 1 amide bonds. The van der Waals surface area contributed by atoms with E-state index < -0.39 is 0 Å². The van der Waals surface area contributed by atoms with E-state index in [0.717, 1.165) is 16.5 Å². The largest absolute Gasteiger partial charge is 0.383 e. The van der Waals surface area contributed by atoms with Crippen LogP contribution in [0, 0.1) is 6.92 Å². The summed E-state index contributed by atoms with van der Waals surface area (Å²) in [5, 5.41) is 4.69. The zero-order valence-corrected chi connectivity index (χ0v) is 12.6. The van der Waals surface area contributed by atoms with Crippen molar-refractivity contribution in [2.75, 3.05) is 5.73 Å². The number of fused-ring (bicyclic) bond motifs is 1. The third kappa shape index (κ3) is 2.66. The molecule has 0 saturated carbocycles. The fraction of sp³-hybridized carbons (Fsp3) is 0.0667. The first-order valence-electron chi connectivity index (χ1n) is 6.55. The molecule has 7 heteroatoms. The number of aryl methyl sites for hydroxylation is 1. The molecule has 3 rings (SSSR count). The summed E-state index contributed by atoms with van der Waals surface area (Å²) >= 11 is 1.28. The number of nitrogens with one attached hydrogen (secondary N) is 1. The molecule has 0 aliphatic carbocycles. The lowest BCUT2D eigenvalue weighted by atomic mass is 10.2. The van der Waals surface area contributed by atoms with Gasteiger partial charge in [-0.2, -0.15) is 5.10 Å². The van der Waals surface area contributed by atoms with Crippen molar-refractivity contribution >= 4 is 39.5 Å². The first kappa shape index (κ1) is 14.2. The normalized spacial score (nSPS) is 11.1. The van der Waals surface area contributed by atoms with Gasteiger partial charge in [0.25, 0.3) is 5.91 Å². The van der Waals surface area contributed by atoms with Crippen LogP contribution in [0.5, 0.6) is 0 Å². The topological polar surface area (TPSA) is 93.3 Å². The van der Waals surface area contributed by atoms with Crippen molar-refractivity contribution in [3.05, 3.63) is 52.7 Å². The molecule has 110 valence electrons. The molecular formula is C15H13N5OS. The molecule has 3 aromatic rings. The summed E-state index contributed by atoms with van der Waals surface area (Å²) in [5.41, 5.74) is 10.0. The summed E-state index contributed by atoms with van der Waals surface area (Å²) in [7, 11) is 0. The predicted octanol–water partition coefficient (Wildman–Crippen LogP) is 2.35. The second-order valence-corrected chi connectivity index (χ2v) is 5.60. The maximum atomic E-state index is 12.2.